The highest BCUT2D eigenvalue weighted by molar-refractivity contribution is 5.97. The summed E-state index contributed by atoms with van der Waals surface area (Å²) in [7, 11) is 0. The van der Waals surface area contributed by atoms with Gasteiger partial charge in [-0.2, -0.15) is 8.78 Å². The van der Waals surface area contributed by atoms with Crippen molar-refractivity contribution in [2.45, 2.75) is 38.6 Å². The van der Waals surface area contributed by atoms with Gasteiger partial charge in [0.2, 0.25) is 11.8 Å². The summed E-state index contributed by atoms with van der Waals surface area (Å²) in [4.78, 5) is 42.9. The molecule has 29 heavy (non-hydrogen) atoms. The fourth-order valence-electron chi connectivity index (χ4n) is 3.77. The van der Waals surface area contributed by atoms with Crippen LogP contribution in [0.25, 0.3) is 0 Å². The van der Waals surface area contributed by atoms with Crippen LogP contribution in [-0.2, 0) is 9.59 Å². The van der Waals surface area contributed by atoms with Crippen LogP contribution in [0.5, 0.6) is 5.75 Å². The van der Waals surface area contributed by atoms with Gasteiger partial charge in [-0.05, 0) is 37.6 Å². The topological polar surface area (TPSA) is 70.2 Å². The lowest BCUT2D eigenvalue weighted by molar-refractivity contribution is -0.165. The number of nitrogens with zero attached hydrogens (tertiary/aromatic N) is 3. The second kappa shape index (κ2) is 8.59. The van der Waals surface area contributed by atoms with E-state index < -0.39 is 18.8 Å². The number of carbonyl (C=O) groups is 3. The van der Waals surface area contributed by atoms with Gasteiger partial charge in [0.15, 0.2) is 0 Å². The normalized spacial score (nSPS) is 22.0. The van der Waals surface area contributed by atoms with Crippen molar-refractivity contribution in [3.05, 3.63) is 42.5 Å². The Hall–Kier alpha value is -2.97. The van der Waals surface area contributed by atoms with E-state index in [1.54, 1.807) is 22.8 Å². The molecule has 7 nitrogen and oxygen atoms in total. The molecule has 0 saturated carbocycles. The van der Waals surface area contributed by atoms with Gasteiger partial charge in [0, 0.05) is 25.1 Å². The van der Waals surface area contributed by atoms with Crippen LogP contribution in [0, 0.1) is 0 Å². The first kappa shape index (κ1) is 20.8. The summed E-state index contributed by atoms with van der Waals surface area (Å²) in [6.45, 7) is 3.30. The zero-order valence-electron chi connectivity index (χ0n) is 16.1. The van der Waals surface area contributed by atoms with E-state index in [0.717, 1.165) is 0 Å². The standard InChI is InChI=1S/C20H23F2N3O4/c1-3-4-10-23-12-16-24(11-9-17(26)25(16)13(2)18(23)27)19(28)14-5-7-15(8-6-14)29-20(21)22/h3,5-8,13,16,20H,1,4,9-12H2,2H3. The molecule has 0 aromatic heterocycles. The lowest BCUT2D eigenvalue weighted by Gasteiger charge is -2.51. The molecule has 1 aromatic rings. The first-order chi connectivity index (χ1) is 13.8. The SMILES string of the molecule is C=CCCN1CC2N(C(=O)c3ccc(OC(F)F)cc3)CCC(=O)N2C(C)C1=O. The third-order valence-corrected chi connectivity index (χ3v) is 5.20. The monoisotopic (exact) mass is 407 g/mol. The number of benzene rings is 1. The van der Waals surface area contributed by atoms with Crippen LogP contribution in [0.3, 0.4) is 0 Å². The molecule has 0 bridgehead atoms. The Morgan fingerprint density at radius 2 is 2.00 bits per heavy atom. The Bertz CT molecular complexity index is 799. The molecule has 9 heteroatoms. The molecule has 0 radical (unpaired) electrons. The molecular weight excluding hydrogens is 384 g/mol. The van der Waals surface area contributed by atoms with Gasteiger partial charge < -0.3 is 19.4 Å². The number of hydrogen-bond donors (Lipinski definition) is 0. The van der Waals surface area contributed by atoms with Gasteiger partial charge in [-0.3, -0.25) is 14.4 Å². The maximum Gasteiger partial charge on any atom is 0.387 e. The van der Waals surface area contributed by atoms with Crippen LogP contribution in [0.15, 0.2) is 36.9 Å². The quantitative estimate of drug-likeness (QED) is 0.678. The zero-order chi connectivity index (χ0) is 21.1. The molecule has 2 unspecified atom stereocenters. The summed E-state index contributed by atoms with van der Waals surface area (Å²) in [6, 6.07) is 4.76. The van der Waals surface area contributed by atoms with Gasteiger partial charge in [-0.1, -0.05) is 6.08 Å². The van der Waals surface area contributed by atoms with E-state index in [4.69, 9.17) is 0 Å². The molecule has 3 amide bonds. The van der Waals surface area contributed by atoms with Crippen molar-refractivity contribution in [2.24, 2.45) is 0 Å². The maximum absolute atomic E-state index is 13.1. The van der Waals surface area contributed by atoms with Crippen molar-refractivity contribution < 1.29 is 27.9 Å². The third-order valence-electron chi connectivity index (χ3n) is 5.20. The van der Waals surface area contributed by atoms with Gasteiger partial charge in [0.05, 0.1) is 6.54 Å². The van der Waals surface area contributed by atoms with Gasteiger partial charge in [0.25, 0.3) is 5.91 Å². The Morgan fingerprint density at radius 1 is 1.31 bits per heavy atom. The van der Waals surface area contributed by atoms with Crippen LogP contribution < -0.4 is 4.74 Å². The molecule has 2 fully saturated rings. The molecule has 3 rings (SSSR count). The van der Waals surface area contributed by atoms with Crippen LogP contribution in [0.1, 0.15) is 30.1 Å². The van der Waals surface area contributed by atoms with Crippen LogP contribution >= 0.6 is 0 Å². The molecule has 0 spiro atoms. The van der Waals surface area contributed by atoms with Crippen molar-refractivity contribution in [3.8, 4) is 5.75 Å². The Balaban J connectivity index is 1.82. The van der Waals surface area contributed by atoms with E-state index in [9.17, 15) is 23.2 Å². The van der Waals surface area contributed by atoms with Gasteiger partial charge in [-0.25, -0.2) is 0 Å². The highest BCUT2D eigenvalue weighted by Crippen LogP contribution is 2.27. The number of amides is 3. The number of ether oxygens (including phenoxy) is 1. The summed E-state index contributed by atoms with van der Waals surface area (Å²) in [6.07, 6.45) is 1.87. The number of alkyl halides is 2. The number of piperazine rings is 1. The second-order valence-electron chi connectivity index (χ2n) is 6.97. The predicted molar refractivity (Wildman–Crippen MR) is 100 cm³/mol. The van der Waals surface area contributed by atoms with E-state index in [2.05, 4.69) is 11.3 Å². The van der Waals surface area contributed by atoms with E-state index >= 15 is 0 Å². The van der Waals surface area contributed by atoms with Gasteiger partial charge in [-0.15, -0.1) is 6.58 Å². The lowest BCUT2D eigenvalue weighted by atomic mass is 10.0. The zero-order valence-corrected chi connectivity index (χ0v) is 16.1. The van der Waals surface area contributed by atoms with Crippen molar-refractivity contribution in [1.82, 2.24) is 14.7 Å². The molecule has 2 heterocycles. The second-order valence-corrected chi connectivity index (χ2v) is 6.97. The number of hydrogen-bond acceptors (Lipinski definition) is 4. The molecule has 2 aliphatic heterocycles. The van der Waals surface area contributed by atoms with E-state index in [-0.39, 0.29) is 43.0 Å². The molecule has 0 aliphatic carbocycles. The smallest absolute Gasteiger partial charge is 0.387 e. The van der Waals surface area contributed by atoms with Crippen LogP contribution in [0.4, 0.5) is 8.78 Å². The summed E-state index contributed by atoms with van der Waals surface area (Å²) >= 11 is 0. The fourth-order valence-corrected chi connectivity index (χ4v) is 3.77. The minimum absolute atomic E-state index is 0.0421. The molecule has 2 aliphatic rings. The largest absolute Gasteiger partial charge is 0.435 e. The highest BCUT2D eigenvalue weighted by atomic mass is 19.3. The average Bonchev–Trinajstić information content (AvgIpc) is 2.69. The van der Waals surface area contributed by atoms with Crippen molar-refractivity contribution in [1.29, 1.82) is 0 Å². The van der Waals surface area contributed by atoms with Crippen LogP contribution in [0.2, 0.25) is 0 Å². The van der Waals surface area contributed by atoms with E-state index in [1.807, 2.05) is 0 Å². The minimum Gasteiger partial charge on any atom is -0.435 e. The Kier molecular flexibility index (Phi) is 6.14. The average molecular weight is 407 g/mol. The van der Waals surface area contributed by atoms with Crippen LogP contribution in [-0.4, -0.2) is 70.9 Å². The third kappa shape index (κ3) is 4.23. The maximum atomic E-state index is 13.1. The Labute approximate surface area is 167 Å². The Morgan fingerprint density at radius 3 is 2.62 bits per heavy atom. The van der Waals surface area contributed by atoms with E-state index in [0.29, 0.717) is 18.5 Å². The van der Waals surface area contributed by atoms with Crippen molar-refractivity contribution in [3.63, 3.8) is 0 Å². The summed E-state index contributed by atoms with van der Waals surface area (Å²) in [5.41, 5.74) is 0.295. The molecule has 156 valence electrons. The van der Waals surface area contributed by atoms with E-state index in [1.165, 1.54) is 29.2 Å². The summed E-state index contributed by atoms with van der Waals surface area (Å²) < 4.78 is 28.9. The predicted octanol–water partition coefficient (Wildman–Crippen LogP) is 2.10. The molecular formula is C20H23F2N3O4. The minimum atomic E-state index is -2.94. The summed E-state index contributed by atoms with van der Waals surface area (Å²) in [5, 5.41) is 0. The molecule has 2 saturated heterocycles. The van der Waals surface area contributed by atoms with Gasteiger partial charge in [0.1, 0.15) is 18.0 Å². The molecule has 2 atom stereocenters. The first-order valence-corrected chi connectivity index (χ1v) is 9.40. The van der Waals surface area contributed by atoms with Crippen molar-refractivity contribution >= 4 is 17.7 Å². The van der Waals surface area contributed by atoms with Crippen molar-refractivity contribution in [2.75, 3.05) is 19.6 Å². The number of carbonyl (C=O) groups excluding carboxylic acids is 3. The molecule has 0 N–H and O–H groups in total. The highest BCUT2D eigenvalue weighted by Gasteiger charge is 2.46. The fraction of sp³-hybridized carbons (Fsp3) is 0.450. The first-order valence-electron chi connectivity index (χ1n) is 9.40. The summed E-state index contributed by atoms with van der Waals surface area (Å²) in [5.74, 6) is -0.691. The van der Waals surface area contributed by atoms with Gasteiger partial charge >= 0.3 is 6.61 Å². The number of halogens is 2. The lowest BCUT2D eigenvalue weighted by Crippen LogP contribution is -2.70. The number of fused-ring (bicyclic) bond motifs is 1. The molecule has 1 aromatic carbocycles. The number of rotatable bonds is 6.